The van der Waals surface area contributed by atoms with E-state index in [4.69, 9.17) is 4.74 Å². The Morgan fingerprint density at radius 3 is 2.71 bits per heavy atom. The molecule has 0 saturated carbocycles. The fraction of sp³-hybridized carbons (Fsp3) is 0.444. The van der Waals surface area contributed by atoms with Gasteiger partial charge in [-0.1, -0.05) is 18.2 Å². The zero-order valence-corrected chi connectivity index (χ0v) is 21.4. The Morgan fingerprint density at radius 2 is 2.05 bits per heavy atom. The summed E-state index contributed by atoms with van der Waals surface area (Å²) in [5.74, 6) is -1.67. The lowest BCUT2D eigenvalue weighted by Crippen LogP contribution is -2.38. The second kappa shape index (κ2) is 11.1. The fourth-order valence-corrected chi connectivity index (χ4v) is 4.88. The molecule has 0 saturated heterocycles. The number of ether oxygens (including phenoxy) is 1. The third kappa shape index (κ3) is 5.98. The largest absolute Gasteiger partial charge is 0.419 e. The molecule has 3 aliphatic rings. The molecule has 4 rings (SSSR count). The van der Waals surface area contributed by atoms with E-state index in [0.717, 1.165) is 23.6 Å². The molecule has 0 bridgehead atoms. The molecule has 2 amide bonds. The van der Waals surface area contributed by atoms with Gasteiger partial charge in [0.05, 0.1) is 23.2 Å². The lowest BCUT2D eigenvalue weighted by atomic mass is 9.88. The molecule has 2 aliphatic heterocycles. The Hall–Kier alpha value is -3.47. The third-order valence-corrected chi connectivity index (χ3v) is 6.73. The number of rotatable bonds is 7. The summed E-state index contributed by atoms with van der Waals surface area (Å²) in [4.78, 5) is 31.6. The number of amidine groups is 1. The standard InChI is InChI=1S/C27H30F4N4O3/c1-15-12-35-13-18(17-7-9-19(10-8-17)34-23(36)14-38-3)11-21(25(35)32-15)26(37)33-16(2)20-5-4-6-22(24(20)28)27(29,30)31/h4-7,11,13,15-16,19H,8-10,12,14H2,1-3H3,(H,33,37)(H,34,36)/t15-,16-,19?/m1/s1. The SMILES string of the molecule is COCC(=O)NC1CC=C(C2=CN3C[C@@H](C)N=C3C(C(=O)N[C@H](C)c3cccc(C(F)(F)F)c3F)=C2)CC1. The second-order valence-electron chi connectivity index (χ2n) is 9.70. The summed E-state index contributed by atoms with van der Waals surface area (Å²) >= 11 is 0. The number of carbonyl (C=O) groups is 2. The zero-order chi connectivity index (χ0) is 27.6. The number of nitrogens with zero attached hydrogens (tertiary/aromatic N) is 2. The number of amides is 2. The molecule has 0 aromatic heterocycles. The van der Waals surface area contributed by atoms with Gasteiger partial charge in [0.25, 0.3) is 5.91 Å². The van der Waals surface area contributed by atoms with Crippen molar-refractivity contribution in [3.05, 3.63) is 70.2 Å². The molecule has 1 aliphatic carbocycles. The van der Waals surface area contributed by atoms with Gasteiger partial charge in [-0.15, -0.1) is 0 Å². The monoisotopic (exact) mass is 534 g/mol. The van der Waals surface area contributed by atoms with E-state index in [1.54, 1.807) is 6.08 Å². The Bertz CT molecular complexity index is 1240. The highest BCUT2D eigenvalue weighted by Gasteiger charge is 2.36. The van der Waals surface area contributed by atoms with E-state index in [1.165, 1.54) is 20.1 Å². The highest BCUT2D eigenvalue weighted by Crippen LogP contribution is 2.35. The number of benzene rings is 1. The smallest absolute Gasteiger partial charge is 0.375 e. The maximum Gasteiger partial charge on any atom is 0.419 e. The van der Waals surface area contributed by atoms with E-state index < -0.39 is 29.5 Å². The van der Waals surface area contributed by atoms with Crippen molar-refractivity contribution in [1.82, 2.24) is 15.5 Å². The predicted octanol–water partition coefficient (Wildman–Crippen LogP) is 4.19. The van der Waals surface area contributed by atoms with Crippen LogP contribution in [0.4, 0.5) is 17.6 Å². The molecule has 0 spiro atoms. The number of hydrogen-bond acceptors (Lipinski definition) is 5. The summed E-state index contributed by atoms with van der Waals surface area (Å²) in [6.07, 6.45) is 2.86. The van der Waals surface area contributed by atoms with Crippen molar-refractivity contribution >= 4 is 17.6 Å². The molecule has 2 heterocycles. The van der Waals surface area contributed by atoms with Crippen molar-refractivity contribution in [3.63, 3.8) is 0 Å². The summed E-state index contributed by atoms with van der Waals surface area (Å²) in [6, 6.07) is 1.94. The van der Waals surface area contributed by atoms with Gasteiger partial charge < -0.3 is 20.3 Å². The summed E-state index contributed by atoms with van der Waals surface area (Å²) in [5, 5.41) is 5.58. The molecule has 204 valence electrons. The van der Waals surface area contributed by atoms with E-state index in [0.29, 0.717) is 31.3 Å². The van der Waals surface area contributed by atoms with E-state index in [2.05, 4.69) is 15.6 Å². The number of aliphatic imine (C=N–C) groups is 1. The number of fused-ring (bicyclic) bond motifs is 1. The topological polar surface area (TPSA) is 83.0 Å². The van der Waals surface area contributed by atoms with Crippen LogP contribution in [0.25, 0.3) is 0 Å². The number of carbonyl (C=O) groups excluding carboxylic acids is 2. The van der Waals surface area contributed by atoms with Gasteiger partial charge in [-0.05, 0) is 56.4 Å². The van der Waals surface area contributed by atoms with Crippen LogP contribution in [0.2, 0.25) is 0 Å². The van der Waals surface area contributed by atoms with Gasteiger partial charge in [0.15, 0.2) is 0 Å². The van der Waals surface area contributed by atoms with E-state index >= 15 is 0 Å². The lowest BCUT2D eigenvalue weighted by Gasteiger charge is -2.28. The van der Waals surface area contributed by atoms with E-state index in [1.807, 2.05) is 24.1 Å². The van der Waals surface area contributed by atoms with Crippen LogP contribution in [0.3, 0.4) is 0 Å². The van der Waals surface area contributed by atoms with Crippen molar-refractivity contribution in [2.24, 2.45) is 4.99 Å². The first-order valence-corrected chi connectivity index (χ1v) is 12.4. The Labute approximate surface area is 218 Å². The zero-order valence-electron chi connectivity index (χ0n) is 21.4. The molecule has 3 atom stereocenters. The minimum atomic E-state index is -4.84. The molecule has 11 heteroatoms. The molecule has 1 aromatic carbocycles. The Balaban J connectivity index is 1.54. The molecule has 0 radical (unpaired) electrons. The molecule has 7 nitrogen and oxygen atoms in total. The minimum Gasteiger partial charge on any atom is -0.375 e. The highest BCUT2D eigenvalue weighted by atomic mass is 19.4. The number of hydrogen-bond donors (Lipinski definition) is 2. The summed E-state index contributed by atoms with van der Waals surface area (Å²) in [6.45, 7) is 3.93. The van der Waals surface area contributed by atoms with Crippen molar-refractivity contribution in [3.8, 4) is 0 Å². The first-order valence-electron chi connectivity index (χ1n) is 12.4. The van der Waals surface area contributed by atoms with Gasteiger partial charge in [-0.2, -0.15) is 13.2 Å². The van der Waals surface area contributed by atoms with Crippen LogP contribution in [0.1, 0.15) is 50.3 Å². The van der Waals surface area contributed by atoms with Gasteiger partial charge in [0, 0.05) is 31.5 Å². The Kier molecular flexibility index (Phi) is 8.05. The van der Waals surface area contributed by atoms with Crippen molar-refractivity contribution in [2.45, 2.75) is 57.4 Å². The van der Waals surface area contributed by atoms with Gasteiger partial charge in [-0.25, -0.2) is 4.39 Å². The van der Waals surface area contributed by atoms with Gasteiger partial charge >= 0.3 is 6.18 Å². The fourth-order valence-electron chi connectivity index (χ4n) is 4.88. The number of allylic oxidation sites excluding steroid dienone is 3. The molecular formula is C27H30F4N4O3. The average Bonchev–Trinajstić information content (AvgIpc) is 3.23. The van der Waals surface area contributed by atoms with Crippen LogP contribution >= 0.6 is 0 Å². The first-order chi connectivity index (χ1) is 18.0. The summed E-state index contributed by atoms with van der Waals surface area (Å²) < 4.78 is 59.0. The van der Waals surface area contributed by atoms with Crippen LogP contribution in [-0.4, -0.2) is 54.9 Å². The highest BCUT2D eigenvalue weighted by molar-refractivity contribution is 6.22. The van der Waals surface area contributed by atoms with E-state index in [-0.39, 0.29) is 35.7 Å². The molecule has 2 N–H and O–H groups in total. The average molecular weight is 535 g/mol. The van der Waals surface area contributed by atoms with Crippen LogP contribution < -0.4 is 10.6 Å². The molecule has 1 unspecified atom stereocenters. The van der Waals surface area contributed by atoms with Crippen LogP contribution in [-0.2, 0) is 20.5 Å². The number of methoxy groups -OCH3 is 1. The number of alkyl halides is 3. The van der Waals surface area contributed by atoms with Crippen LogP contribution in [0.15, 0.2) is 58.3 Å². The maximum absolute atomic E-state index is 14.7. The van der Waals surface area contributed by atoms with Crippen molar-refractivity contribution in [2.75, 3.05) is 20.3 Å². The maximum atomic E-state index is 14.7. The first kappa shape index (κ1) is 27.6. The molecule has 0 fully saturated rings. The molecule has 1 aromatic rings. The van der Waals surface area contributed by atoms with Gasteiger partial charge in [0.1, 0.15) is 18.3 Å². The van der Waals surface area contributed by atoms with E-state index in [9.17, 15) is 27.2 Å². The second-order valence-corrected chi connectivity index (χ2v) is 9.70. The summed E-state index contributed by atoms with van der Waals surface area (Å²) in [5.41, 5.74) is 0.475. The molecular weight excluding hydrogens is 504 g/mol. The number of halogens is 4. The Morgan fingerprint density at radius 1 is 1.29 bits per heavy atom. The van der Waals surface area contributed by atoms with Gasteiger partial charge in [-0.3, -0.25) is 14.6 Å². The number of nitrogens with one attached hydrogen (secondary N) is 2. The van der Waals surface area contributed by atoms with Crippen molar-refractivity contribution in [1.29, 1.82) is 0 Å². The van der Waals surface area contributed by atoms with Crippen molar-refractivity contribution < 1.29 is 31.9 Å². The lowest BCUT2D eigenvalue weighted by molar-refractivity contribution is -0.140. The predicted molar refractivity (Wildman–Crippen MR) is 133 cm³/mol. The quantitative estimate of drug-likeness (QED) is 0.514. The van der Waals surface area contributed by atoms with Crippen LogP contribution in [0, 0.1) is 5.82 Å². The minimum absolute atomic E-state index is 0.00247. The summed E-state index contributed by atoms with van der Waals surface area (Å²) in [7, 11) is 1.46. The normalized spacial score (nSPS) is 22.0. The third-order valence-electron chi connectivity index (χ3n) is 6.73. The molecule has 38 heavy (non-hydrogen) atoms. The van der Waals surface area contributed by atoms with Gasteiger partial charge in [0.2, 0.25) is 5.91 Å². The van der Waals surface area contributed by atoms with Crippen LogP contribution in [0.5, 0.6) is 0 Å².